The first kappa shape index (κ1) is 15.0. The molecule has 104 valence electrons. The number of hydrogen-bond donors (Lipinski definition) is 3. The largest absolute Gasteiger partial charge is 0.492 e. The first-order valence-electron chi connectivity index (χ1n) is 6.03. The lowest BCUT2D eigenvalue weighted by atomic mass is 10.3. The number of hydrogen-bond acceptors (Lipinski definition) is 4. The Morgan fingerprint density at radius 3 is 2.79 bits per heavy atom. The number of carbonyl (C=O) groups excluding carboxylic acids is 2. The van der Waals surface area contributed by atoms with Crippen LogP contribution in [0.2, 0.25) is 0 Å². The first-order valence-corrected chi connectivity index (χ1v) is 6.03. The minimum atomic E-state index is -0.525. The summed E-state index contributed by atoms with van der Waals surface area (Å²) < 4.78 is 5.45. The van der Waals surface area contributed by atoms with Gasteiger partial charge in [0, 0.05) is 18.7 Å². The Morgan fingerprint density at radius 2 is 2.16 bits per heavy atom. The molecule has 6 heteroatoms. The number of benzene rings is 1. The predicted octanol–water partition coefficient (Wildman–Crippen LogP) is 0.487. The van der Waals surface area contributed by atoms with Gasteiger partial charge in [-0.05, 0) is 19.1 Å². The smallest absolute Gasteiger partial charge is 0.236 e. The van der Waals surface area contributed by atoms with Crippen LogP contribution in [0.4, 0.5) is 5.69 Å². The Kier molecular flexibility index (Phi) is 5.81. The van der Waals surface area contributed by atoms with Gasteiger partial charge in [0.15, 0.2) is 0 Å². The highest BCUT2D eigenvalue weighted by Gasteiger charge is 2.05. The van der Waals surface area contributed by atoms with Crippen LogP contribution in [0.3, 0.4) is 0 Å². The van der Waals surface area contributed by atoms with Gasteiger partial charge in [0.05, 0.1) is 12.6 Å². The first-order chi connectivity index (χ1) is 8.99. The van der Waals surface area contributed by atoms with Crippen LogP contribution >= 0.6 is 0 Å². The van der Waals surface area contributed by atoms with Crippen molar-refractivity contribution in [3.8, 4) is 5.75 Å². The summed E-state index contributed by atoms with van der Waals surface area (Å²) in [6.07, 6.45) is 0. The summed E-state index contributed by atoms with van der Waals surface area (Å²) in [5.41, 5.74) is 6.07. The number of nitrogens with one attached hydrogen (secondary N) is 2. The van der Waals surface area contributed by atoms with Gasteiger partial charge in [-0.1, -0.05) is 6.07 Å². The Morgan fingerprint density at radius 1 is 1.42 bits per heavy atom. The highest BCUT2D eigenvalue weighted by molar-refractivity contribution is 5.88. The zero-order chi connectivity index (χ0) is 14.3. The predicted molar refractivity (Wildman–Crippen MR) is 72.9 cm³/mol. The molecule has 1 aromatic carbocycles. The lowest BCUT2D eigenvalue weighted by Gasteiger charge is -2.10. The van der Waals surface area contributed by atoms with E-state index in [4.69, 9.17) is 10.5 Å². The van der Waals surface area contributed by atoms with Gasteiger partial charge < -0.3 is 21.1 Å². The lowest BCUT2D eigenvalue weighted by Crippen LogP contribution is -2.40. The minimum Gasteiger partial charge on any atom is -0.492 e. The fraction of sp³-hybridized carbons (Fsp3) is 0.385. The molecule has 2 amide bonds. The average molecular weight is 265 g/mol. The van der Waals surface area contributed by atoms with Gasteiger partial charge in [-0.25, -0.2) is 0 Å². The van der Waals surface area contributed by atoms with E-state index in [1.165, 1.54) is 6.92 Å². The van der Waals surface area contributed by atoms with Crippen molar-refractivity contribution in [2.24, 2.45) is 5.73 Å². The monoisotopic (exact) mass is 265 g/mol. The Hall–Kier alpha value is -2.08. The summed E-state index contributed by atoms with van der Waals surface area (Å²) in [5, 5.41) is 5.30. The summed E-state index contributed by atoms with van der Waals surface area (Å²) in [5.74, 6) is 0.276. The molecule has 0 saturated heterocycles. The molecule has 1 aromatic rings. The van der Waals surface area contributed by atoms with Crippen molar-refractivity contribution in [3.63, 3.8) is 0 Å². The summed E-state index contributed by atoms with van der Waals surface area (Å²) in [7, 11) is 0. The van der Waals surface area contributed by atoms with Crippen molar-refractivity contribution in [1.82, 2.24) is 5.32 Å². The molecule has 0 unspecified atom stereocenters. The van der Waals surface area contributed by atoms with Gasteiger partial charge >= 0.3 is 0 Å². The molecule has 0 aliphatic heterocycles. The highest BCUT2D eigenvalue weighted by Crippen LogP contribution is 2.16. The number of nitrogens with two attached hydrogens (primary N) is 1. The van der Waals surface area contributed by atoms with Crippen molar-refractivity contribution in [3.05, 3.63) is 24.3 Å². The molecule has 0 aromatic heterocycles. The van der Waals surface area contributed by atoms with Crippen LogP contribution in [0.1, 0.15) is 13.8 Å². The van der Waals surface area contributed by atoms with Gasteiger partial charge in [-0.2, -0.15) is 0 Å². The van der Waals surface area contributed by atoms with Gasteiger partial charge in [0.1, 0.15) is 12.4 Å². The molecule has 0 bridgehead atoms. The molecule has 1 rings (SSSR count). The van der Waals surface area contributed by atoms with Crippen LogP contribution in [0.25, 0.3) is 0 Å². The van der Waals surface area contributed by atoms with E-state index in [0.29, 0.717) is 24.6 Å². The Bertz CT molecular complexity index is 447. The van der Waals surface area contributed by atoms with E-state index in [9.17, 15) is 9.59 Å². The van der Waals surface area contributed by atoms with Crippen LogP contribution in [0, 0.1) is 0 Å². The molecule has 4 N–H and O–H groups in total. The molecule has 0 saturated carbocycles. The van der Waals surface area contributed by atoms with Gasteiger partial charge in [-0.15, -0.1) is 0 Å². The van der Waals surface area contributed by atoms with E-state index in [1.807, 2.05) is 0 Å². The van der Waals surface area contributed by atoms with Gasteiger partial charge in [-0.3, -0.25) is 9.59 Å². The second kappa shape index (κ2) is 7.38. The summed E-state index contributed by atoms with van der Waals surface area (Å²) in [6.45, 7) is 3.77. The van der Waals surface area contributed by atoms with Crippen LogP contribution in [-0.4, -0.2) is 31.0 Å². The summed E-state index contributed by atoms with van der Waals surface area (Å²) >= 11 is 0. The third-order valence-corrected chi connectivity index (χ3v) is 2.24. The fourth-order valence-corrected chi connectivity index (χ4v) is 1.37. The Labute approximate surface area is 112 Å². The molecule has 0 aliphatic rings. The number of carbonyl (C=O) groups is 2. The molecule has 0 heterocycles. The number of rotatable bonds is 6. The van der Waals surface area contributed by atoms with Crippen molar-refractivity contribution in [2.45, 2.75) is 19.9 Å². The van der Waals surface area contributed by atoms with Crippen molar-refractivity contribution < 1.29 is 14.3 Å². The van der Waals surface area contributed by atoms with Gasteiger partial charge in [0.2, 0.25) is 11.8 Å². The molecule has 0 spiro atoms. The Balaban J connectivity index is 2.37. The molecule has 6 nitrogen and oxygen atoms in total. The maximum atomic E-state index is 11.2. The molecule has 1 atom stereocenters. The average Bonchev–Trinajstić information content (AvgIpc) is 2.34. The maximum Gasteiger partial charge on any atom is 0.236 e. The summed E-state index contributed by atoms with van der Waals surface area (Å²) in [6, 6.07) is 6.52. The normalized spacial score (nSPS) is 11.5. The molecule has 0 fully saturated rings. The molecule has 0 radical (unpaired) electrons. The standard InChI is InChI=1S/C13H19N3O3/c1-9(14)13(18)15-6-7-19-12-5-3-4-11(8-12)16-10(2)17/h3-5,8-9H,6-7,14H2,1-2H3,(H,15,18)(H,16,17)/t9-/m1/s1. The van der Waals surface area contributed by atoms with E-state index in [0.717, 1.165) is 0 Å². The van der Waals surface area contributed by atoms with Crippen molar-refractivity contribution in [1.29, 1.82) is 0 Å². The van der Waals surface area contributed by atoms with Crippen LogP contribution in [0.5, 0.6) is 5.75 Å². The van der Waals surface area contributed by atoms with E-state index >= 15 is 0 Å². The maximum absolute atomic E-state index is 11.2. The van der Waals surface area contributed by atoms with Crippen LogP contribution in [-0.2, 0) is 9.59 Å². The van der Waals surface area contributed by atoms with Crippen LogP contribution < -0.4 is 21.1 Å². The van der Waals surface area contributed by atoms with Gasteiger partial charge in [0.25, 0.3) is 0 Å². The number of amides is 2. The molecular formula is C13H19N3O3. The lowest BCUT2D eigenvalue weighted by molar-refractivity contribution is -0.122. The fourth-order valence-electron chi connectivity index (χ4n) is 1.37. The minimum absolute atomic E-state index is 0.138. The number of ether oxygens (including phenoxy) is 1. The molecular weight excluding hydrogens is 246 g/mol. The third-order valence-electron chi connectivity index (χ3n) is 2.24. The highest BCUT2D eigenvalue weighted by atomic mass is 16.5. The second-order valence-electron chi connectivity index (χ2n) is 4.14. The quantitative estimate of drug-likeness (QED) is 0.652. The van der Waals surface area contributed by atoms with Crippen molar-refractivity contribution in [2.75, 3.05) is 18.5 Å². The van der Waals surface area contributed by atoms with E-state index in [2.05, 4.69) is 10.6 Å². The molecule has 19 heavy (non-hydrogen) atoms. The van der Waals surface area contributed by atoms with E-state index in [-0.39, 0.29) is 11.8 Å². The SMILES string of the molecule is CC(=O)Nc1cccc(OCCNC(=O)[C@@H](C)N)c1. The second-order valence-corrected chi connectivity index (χ2v) is 4.14. The zero-order valence-corrected chi connectivity index (χ0v) is 11.1. The van der Waals surface area contributed by atoms with Crippen molar-refractivity contribution >= 4 is 17.5 Å². The third kappa shape index (κ3) is 5.87. The van der Waals surface area contributed by atoms with E-state index < -0.39 is 6.04 Å². The topological polar surface area (TPSA) is 93.5 Å². The van der Waals surface area contributed by atoms with Crippen LogP contribution in [0.15, 0.2) is 24.3 Å². The zero-order valence-electron chi connectivity index (χ0n) is 11.1. The molecule has 0 aliphatic carbocycles. The number of anilines is 1. The van der Waals surface area contributed by atoms with E-state index in [1.54, 1.807) is 31.2 Å². The summed E-state index contributed by atoms with van der Waals surface area (Å²) in [4.78, 5) is 22.1.